The zero-order valence-electron chi connectivity index (χ0n) is 11.3. The summed E-state index contributed by atoms with van der Waals surface area (Å²) in [5.41, 5.74) is 0.463. The number of benzene rings is 1. The SMILES string of the molecule is COC(=O)CN1C(=O)S/C(=C/c2ccc([N+](=O)[O-])cc2)C1=O. The fraction of sp³-hybridized carbons (Fsp3) is 0.154. The first kappa shape index (κ1) is 15.7. The predicted molar refractivity (Wildman–Crippen MR) is 77.8 cm³/mol. The molecule has 2 rings (SSSR count). The van der Waals surface area contributed by atoms with Gasteiger partial charge < -0.3 is 4.74 Å². The molecule has 22 heavy (non-hydrogen) atoms. The summed E-state index contributed by atoms with van der Waals surface area (Å²) < 4.78 is 4.42. The van der Waals surface area contributed by atoms with Gasteiger partial charge >= 0.3 is 5.97 Å². The van der Waals surface area contributed by atoms with Gasteiger partial charge in [-0.3, -0.25) is 29.4 Å². The number of esters is 1. The minimum atomic E-state index is -0.695. The number of nitrogens with zero attached hydrogens (tertiary/aromatic N) is 2. The molecule has 9 heteroatoms. The van der Waals surface area contributed by atoms with Gasteiger partial charge in [0.05, 0.1) is 16.9 Å². The van der Waals surface area contributed by atoms with E-state index in [1.165, 1.54) is 30.3 Å². The van der Waals surface area contributed by atoms with Gasteiger partial charge in [-0.2, -0.15) is 0 Å². The molecular formula is C13H10N2O6S. The van der Waals surface area contributed by atoms with Crippen LogP contribution in [-0.4, -0.2) is 40.6 Å². The number of rotatable bonds is 4. The lowest BCUT2D eigenvalue weighted by Crippen LogP contribution is -2.34. The van der Waals surface area contributed by atoms with E-state index in [0.29, 0.717) is 17.3 Å². The number of non-ortho nitro benzene ring substituents is 1. The van der Waals surface area contributed by atoms with Crippen LogP contribution in [0.3, 0.4) is 0 Å². The normalized spacial score (nSPS) is 16.2. The molecule has 1 heterocycles. The summed E-state index contributed by atoms with van der Waals surface area (Å²) in [6.45, 7) is -0.446. The number of nitro groups is 1. The molecular weight excluding hydrogens is 312 g/mol. The Bertz CT molecular complexity index is 682. The number of hydrogen-bond donors (Lipinski definition) is 0. The van der Waals surface area contributed by atoms with Crippen molar-refractivity contribution in [3.8, 4) is 0 Å². The van der Waals surface area contributed by atoms with Crippen LogP contribution in [0.15, 0.2) is 29.2 Å². The summed E-state index contributed by atoms with van der Waals surface area (Å²) in [6, 6.07) is 5.52. The first-order valence-corrected chi connectivity index (χ1v) is 6.80. The van der Waals surface area contributed by atoms with Gasteiger partial charge in [-0.25, -0.2) is 0 Å². The predicted octanol–water partition coefficient (Wildman–Crippen LogP) is 1.80. The van der Waals surface area contributed by atoms with Crippen molar-refractivity contribution in [2.24, 2.45) is 0 Å². The van der Waals surface area contributed by atoms with E-state index in [9.17, 15) is 24.5 Å². The summed E-state index contributed by atoms with van der Waals surface area (Å²) in [6.07, 6.45) is 1.44. The molecule has 8 nitrogen and oxygen atoms in total. The van der Waals surface area contributed by atoms with Gasteiger partial charge in [-0.1, -0.05) is 0 Å². The molecule has 1 aromatic rings. The number of ether oxygens (including phenoxy) is 1. The summed E-state index contributed by atoms with van der Waals surface area (Å²) >= 11 is 0.696. The number of imide groups is 1. The third kappa shape index (κ3) is 3.31. The third-order valence-electron chi connectivity index (χ3n) is 2.79. The van der Waals surface area contributed by atoms with Gasteiger partial charge in [0.1, 0.15) is 6.54 Å². The van der Waals surface area contributed by atoms with Crippen molar-refractivity contribution in [2.45, 2.75) is 0 Å². The van der Waals surface area contributed by atoms with Crippen molar-refractivity contribution in [2.75, 3.05) is 13.7 Å². The molecule has 0 spiro atoms. The Morgan fingerprint density at radius 2 is 2.00 bits per heavy atom. The fourth-order valence-corrected chi connectivity index (χ4v) is 2.51. The van der Waals surface area contributed by atoms with Crippen LogP contribution in [0.4, 0.5) is 10.5 Å². The smallest absolute Gasteiger partial charge is 0.325 e. The van der Waals surface area contributed by atoms with Crippen molar-refractivity contribution in [1.82, 2.24) is 4.90 Å². The second-order valence-corrected chi connectivity index (χ2v) is 5.19. The molecule has 0 unspecified atom stereocenters. The van der Waals surface area contributed by atoms with Gasteiger partial charge in [0.25, 0.3) is 16.8 Å². The second kappa shape index (κ2) is 6.39. The Labute approximate surface area is 128 Å². The van der Waals surface area contributed by atoms with Crippen molar-refractivity contribution in [3.63, 3.8) is 0 Å². The van der Waals surface area contributed by atoms with E-state index in [-0.39, 0.29) is 10.6 Å². The third-order valence-corrected chi connectivity index (χ3v) is 3.70. The number of amides is 2. The highest BCUT2D eigenvalue weighted by Gasteiger charge is 2.36. The number of methoxy groups -OCH3 is 1. The van der Waals surface area contributed by atoms with Crippen molar-refractivity contribution < 1.29 is 24.0 Å². The molecule has 1 aliphatic rings. The highest BCUT2D eigenvalue weighted by atomic mass is 32.2. The number of nitro benzene ring substituents is 1. The summed E-state index contributed by atoms with van der Waals surface area (Å²) in [5.74, 6) is -1.29. The first-order chi connectivity index (χ1) is 10.4. The molecule has 0 N–H and O–H groups in total. The average Bonchev–Trinajstić information content (AvgIpc) is 2.75. The Morgan fingerprint density at radius 3 is 2.55 bits per heavy atom. The molecule has 0 bridgehead atoms. The van der Waals surface area contributed by atoms with Crippen molar-refractivity contribution in [1.29, 1.82) is 0 Å². The van der Waals surface area contributed by atoms with E-state index in [1.54, 1.807) is 0 Å². The summed E-state index contributed by atoms with van der Waals surface area (Å²) in [4.78, 5) is 45.9. The van der Waals surface area contributed by atoms with Gasteiger partial charge in [-0.15, -0.1) is 0 Å². The summed E-state index contributed by atoms with van der Waals surface area (Å²) in [5, 5.41) is 10.00. The lowest BCUT2D eigenvalue weighted by Gasteiger charge is -2.09. The van der Waals surface area contributed by atoms with Crippen molar-refractivity contribution >= 4 is 40.6 Å². The zero-order valence-corrected chi connectivity index (χ0v) is 12.2. The highest BCUT2D eigenvalue weighted by molar-refractivity contribution is 8.18. The molecule has 1 fully saturated rings. The molecule has 2 amide bonds. The minimum Gasteiger partial charge on any atom is -0.468 e. The van der Waals surface area contributed by atoms with E-state index in [4.69, 9.17) is 0 Å². The van der Waals surface area contributed by atoms with Gasteiger partial charge in [-0.05, 0) is 35.5 Å². The van der Waals surface area contributed by atoms with Crippen LogP contribution in [0.25, 0.3) is 6.08 Å². The van der Waals surface area contributed by atoms with E-state index in [2.05, 4.69) is 4.74 Å². The van der Waals surface area contributed by atoms with Crippen molar-refractivity contribution in [3.05, 3.63) is 44.8 Å². The molecule has 0 aromatic heterocycles. The van der Waals surface area contributed by atoms with Crippen LogP contribution < -0.4 is 0 Å². The van der Waals surface area contributed by atoms with E-state index >= 15 is 0 Å². The Kier molecular flexibility index (Phi) is 4.56. The van der Waals surface area contributed by atoms with Crippen LogP contribution in [0.1, 0.15) is 5.56 Å². The lowest BCUT2D eigenvalue weighted by molar-refractivity contribution is -0.384. The van der Waals surface area contributed by atoms with Crippen LogP contribution in [0.2, 0.25) is 0 Å². The van der Waals surface area contributed by atoms with Crippen LogP contribution in [0, 0.1) is 10.1 Å². The van der Waals surface area contributed by atoms with E-state index in [1.807, 2.05) is 0 Å². The molecule has 1 aliphatic heterocycles. The number of carbonyl (C=O) groups excluding carboxylic acids is 3. The number of thioether (sulfide) groups is 1. The van der Waals surface area contributed by atoms with Gasteiger partial charge in [0.15, 0.2) is 0 Å². The Morgan fingerprint density at radius 1 is 1.36 bits per heavy atom. The molecule has 1 aromatic carbocycles. The van der Waals surface area contributed by atoms with E-state index < -0.39 is 28.6 Å². The Balaban J connectivity index is 2.19. The second-order valence-electron chi connectivity index (χ2n) is 4.19. The molecule has 0 atom stereocenters. The Hall–Kier alpha value is -2.68. The standard InChI is InChI=1S/C13H10N2O6S/c1-21-11(16)7-14-12(17)10(22-13(14)18)6-8-2-4-9(5-3-8)15(19)20/h2-6H,7H2,1H3/b10-6+. The maximum Gasteiger partial charge on any atom is 0.325 e. The largest absolute Gasteiger partial charge is 0.468 e. The number of hydrogen-bond acceptors (Lipinski definition) is 7. The number of carbonyl (C=O) groups is 3. The topological polar surface area (TPSA) is 107 Å². The minimum absolute atomic E-state index is 0.0732. The molecule has 114 valence electrons. The van der Waals surface area contributed by atoms with E-state index in [0.717, 1.165) is 12.0 Å². The maximum atomic E-state index is 12.0. The summed E-state index contributed by atoms with van der Waals surface area (Å²) in [7, 11) is 1.16. The maximum absolute atomic E-state index is 12.0. The van der Waals surface area contributed by atoms with Crippen LogP contribution in [0.5, 0.6) is 0 Å². The monoisotopic (exact) mass is 322 g/mol. The molecule has 0 saturated carbocycles. The quantitative estimate of drug-likeness (QED) is 0.360. The molecule has 0 radical (unpaired) electrons. The first-order valence-electron chi connectivity index (χ1n) is 5.99. The van der Waals surface area contributed by atoms with Gasteiger partial charge in [0, 0.05) is 12.1 Å². The van der Waals surface area contributed by atoms with Crippen LogP contribution in [-0.2, 0) is 14.3 Å². The highest BCUT2D eigenvalue weighted by Crippen LogP contribution is 2.32. The fourth-order valence-electron chi connectivity index (χ4n) is 1.67. The van der Waals surface area contributed by atoms with Crippen LogP contribution >= 0.6 is 11.8 Å². The lowest BCUT2D eigenvalue weighted by atomic mass is 10.2. The average molecular weight is 322 g/mol. The molecule has 0 aliphatic carbocycles. The van der Waals surface area contributed by atoms with Gasteiger partial charge in [0.2, 0.25) is 0 Å². The zero-order chi connectivity index (χ0) is 16.3. The molecule has 1 saturated heterocycles.